The Morgan fingerprint density at radius 2 is 1.83 bits per heavy atom. The lowest BCUT2D eigenvalue weighted by atomic mass is 10.1. The minimum atomic E-state index is -3.09. The van der Waals surface area contributed by atoms with Gasteiger partial charge in [0.15, 0.2) is 0 Å². The molecule has 1 saturated heterocycles. The first kappa shape index (κ1) is 17.7. The molecule has 0 aromatic heterocycles. The minimum Gasteiger partial charge on any atom is -0.496 e. The molecule has 23 heavy (non-hydrogen) atoms. The fraction of sp³-hybridized carbons (Fsp3) is 0.562. The predicted octanol–water partition coefficient (Wildman–Crippen LogP) is 0.774. The molecule has 1 aliphatic heterocycles. The summed E-state index contributed by atoms with van der Waals surface area (Å²) in [5, 5.41) is 0. The van der Waals surface area contributed by atoms with Crippen LogP contribution in [0.1, 0.15) is 12.0 Å². The van der Waals surface area contributed by atoms with Gasteiger partial charge in [-0.1, -0.05) is 18.2 Å². The number of methoxy groups -OCH3 is 1. The number of carbonyl (C=O) groups is 1. The molecule has 0 atom stereocenters. The molecule has 1 fully saturated rings. The zero-order chi connectivity index (χ0) is 16.9. The molecule has 1 heterocycles. The molecule has 0 spiro atoms. The summed E-state index contributed by atoms with van der Waals surface area (Å²) >= 11 is 0. The Labute approximate surface area is 137 Å². The number of rotatable bonds is 6. The minimum absolute atomic E-state index is 0.0747. The van der Waals surface area contributed by atoms with E-state index < -0.39 is 9.84 Å². The topological polar surface area (TPSA) is 66.9 Å². The van der Waals surface area contributed by atoms with E-state index in [1.807, 2.05) is 24.3 Å². The Bertz CT molecular complexity index is 637. The number of carbonyl (C=O) groups excluding carboxylic acids is 1. The fourth-order valence-electron chi connectivity index (χ4n) is 2.66. The van der Waals surface area contributed by atoms with E-state index in [2.05, 4.69) is 4.90 Å². The highest BCUT2D eigenvalue weighted by Gasteiger charge is 2.22. The van der Waals surface area contributed by atoms with E-state index in [9.17, 15) is 13.2 Å². The number of para-hydroxylation sites is 1. The van der Waals surface area contributed by atoms with Gasteiger partial charge in [-0.15, -0.1) is 0 Å². The third kappa shape index (κ3) is 5.51. The van der Waals surface area contributed by atoms with Crippen molar-refractivity contribution >= 4 is 15.7 Å². The van der Waals surface area contributed by atoms with Crippen LogP contribution in [-0.4, -0.2) is 69.4 Å². The van der Waals surface area contributed by atoms with Gasteiger partial charge in [-0.3, -0.25) is 9.69 Å². The summed E-state index contributed by atoms with van der Waals surface area (Å²) < 4.78 is 27.6. The second-order valence-corrected chi connectivity index (χ2v) is 8.11. The number of piperazine rings is 1. The van der Waals surface area contributed by atoms with E-state index in [0.717, 1.165) is 37.2 Å². The average molecular weight is 340 g/mol. The van der Waals surface area contributed by atoms with Crippen LogP contribution in [0.4, 0.5) is 0 Å². The van der Waals surface area contributed by atoms with E-state index in [-0.39, 0.29) is 18.1 Å². The molecule has 1 aromatic carbocycles. The monoisotopic (exact) mass is 340 g/mol. The summed E-state index contributed by atoms with van der Waals surface area (Å²) in [6.07, 6.45) is 1.23. The largest absolute Gasteiger partial charge is 0.496 e. The Morgan fingerprint density at radius 3 is 2.43 bits per heavy atom. The molecule has 0 unspecified atom stereocenters. The van der Waals surface area contributed by atoms with Crippen LogP contribution in [0, 0.1) is 0 Å². The van der Waals surface area contributed by atoms with Crippen molar-refractivity contribution in [3.63, 3.8) is 0 Å². The van der Waals surface area contributed by atoms with Gasteiger partial charge in [0.25, 0.3) is 0 Å². The highest BCUT2D eigenvalue weighted by atomic mass is 32.2. The van der Waals surface area contributed by atoms with Crippen molar-refractivity contribution in [1.82, 2.24) is 9.80 Å². The first-order valence-corrected chi connectivity index (χ1v) is 9.75. The summed E-state index contributed by atoms with van der Waals surface area (Å²) in [5.41, 5.74) is 1.13. The number of ether oxygens (including phenoxy) is 1. The van der Waals surface area contributed by atoms with Gasteiger partial charge in [-0.25, -0.2) is 8.42 Å². The first-order chi connectivity index (χ1) is 10.9. The highest BCUT2D eigenvalue weighted by Crippen LogP contribution is 2.20. The maximum absolute atomic E-state index is 12.0. The quantitative estimate of drug-likeness (QED) is 0.765. The van der Waals surface area contributed by atoms with Crippen LogP contribution >= 0.6 is 0 Å². The Balaban J connectivity index is 1.83. The number of nitrogens with zero attached hydrogens (tertiary/aromatic N) is 2. The fourth-order valence-corrected chi connectivity index (χ4v) is 3.21. The van der Waals surface area contributed by atoms with Crippen LogP contribution in [0.15, 0.2) is 24.3 Å². The smallest absolute Gasteiger partial charge is 0.223 e. The Kier molecular flexibility index (Phi) is 6.01. The van der Waals surface area contributed by atoms with Gasteiger partial charge in [-0.2, -0.15) is 0 Å². The summed E-state index contributed by atoms with van der Waals surface area (Å²) in [7, 11) is -1.42. The number of amides is 1. The van der Waals surface area contributed by atoms with Crippen LogP contribution in [0.5, 0.6) is 5.75 Å². The molecule has 1 aromatic rings. The zero-order valence-electron chi connectivity index (χ0n) is 13.7. The molecule has 6 nitrogen and oxygen atoms in total. The second kappa shape index (κ2) is 7.79. The van der Waals surface area contributed by atoms with Crippen LogP contribution in [0.3, 0.4) is 0 Å². The van der Waals surface area contributed by atoms with Gasteiger partial charge in [-0.05, 0) is 6.07 Å². The molecule has 1 amide bonds. The van der Waals surface area contributed by atoms with Crippen molar-refractivity contribution in [2.45, 2.75) is 13.0 Å². The lowest BCUT2D eigenvalue weighted by Gasteiger charge is -2.35. The standard InChI is InChI=1S/C16H24N2O4S/c1-22-15-6-4-3-5-14(15)13-17-8-10-18(11-9-17)16(19)7-12-23(2,20)21/h3-6H,7-13H2,1-2H3. The number of sulfone groups is 1. The summed E-state index contributed by atoms with van der Waals surface area (Å²) in [5.74, 6) is 0.722. The van der Waals surface area contributed by atoms with Gasteiger partial charge < -0.3 is 9.64 Å². The molecular weight excluding hydrogens is 316 g/mol. The zero-order valence-corrected chi connectivity index (χ0v) is 14.5. The van der Waals surface area contributed by atoms with Crippen LogP contribution in [-0.2, 0) is 21.2 Å². The van der Waals surface area contributed by atoms with Gasteiger partial charge in [0, 0.05) is 51.0 Å². The van der Waals surface area contributed by atoms with Crippen LogP contribution < -0.4 is 4.74 Å². The van der Waals surface area contributed by atoms with Crippen molar-refractivity contribution < 1.29 is 17.9 Å². The summed E-state index contributed by atoms with van der Waals surface area (Å²) in [6.45, 7) is 3.62. The number of benzene rings is 1. The molecule has 0 saturated carbocycles. The third-order valence-corrected chi connectivity index (χ3v) is 4.94. The van der Waals surface area contributed by atoms with E-state index in [0.29, 0.717) is 13.1 Å². The van der Waals surface area contributed by atoms with E-state index >= 15 is 0 Å². The van der Waals surface area contributed by atoms with Crippen molar-refractivity contribution in [2.24, 2.45) is 0 Å². The SMILES string of the molecule is COc1ccccc1CN1CCN(C(=O)CCS(C)(=O)=O)CC1. The van der Waals surface area contributed by atoms with Gasteiger partial charge >= 0.3 is 0 Å². The highest BCUT2D eigenvalue weighted by molar-refractivity contribution is 7.90. The maximum Gasteiger partial charge on any atom is 0.223 e. The summed E-state index contributed by atoms with van der Waals surface area (Å²) in [6, 6.07) is 7.92. The van der Waals surface area contributed by atoms with E-state index in [1.54, 1.807) is 12.0 Å². The lowest BCUT2D eigenvalue weighted by Crippen LogP contribution is -2.48. The molecule has 1 aliphatic rings. The van der Waals surface area contributed by atoms with Crippen LogP contribution in [0.25, 0.3) is 0 Å². The molecule has 0 bridgehead atoms. The predicted molar refractivity (Wildman–Crippen MR) is 89.2 cm³/mol. The van der Waals surface area contributed by atoms with Crippen molar-refractivity contribution in [3.05, 3.63) is 29.8 Å². The molecule has 7 heteroatoms. The van der Waals surface area contributed by atoms with Crippen LogP contribution in [0.2, 0.25) is 0 Å². The van der Waals surface area contributed by atoms with Crippen molar-refractivity contribution in [1.29, 1.82) is 0 Å². The van der Waals surface area contributed by atoms with Gasteiger partial charge in [0.05, 0.1) is 12.9 Å². The Hall–Kier alpha value is -1.60. The normalized spacial score (nSPS) is 16.3. The average Bonchev–Trinajstić information content (AvgIpc) is 2.53. The number of hydrogen-bond acceptors (Lipinski definition) is 5. The third-order valence-electron chi connectivity index (χ3n) is 4.00. The molecule has 0 radical (unpaired) electrons. The van der Waals surface area contributed by atoms with E-state index in [1.165, 1.54) is 0 Å². The van der Waals surface area contributed by atoms with Crippen molar-refractivity contribution in [3.8, 4) is 5.75 Å². The Morgan fingerprint density at radius 1 is 1.17 bits per heavy atom. The maximum atomic E-state index is 12.0. The number of hydrogen-bond donors (Lipinski definition) is 0. The summed E-state index contributed by atoms with van der Waals surface area (Å²) in [4.78, 5) is 16.1. The molecular formula is C16H24N2O4S. The lowest BCUT2D eigenvalue weighted by molar-refractivity contribution is -0.132. The van der Waals surface area contributed by atoms with Gasteiger partial charge in [0.2, 0.25) is 5.91 Å². The molecule has 0 N–H and O–H groups in total. The molecule has 0 aliphatic carbocycles. The molecule has 128 valence electrons. The molecule has 2 rings (SSSR count). The first-order valence-electron chi connectivity index (χ1n) is 7.69. The van der Waals surface area contributed by atoms with Gasteiger partial charge in [0.1, 0.15) is 15.6 Å². The van der Waals surface area contributed by atoms with Crippen molar-refractivity contribution in [2.75, 3.05) is 45.3 Å². The second-order valence-electron chi connectivity index (χ2n) is 5.85. The van der Waals surface area contributed by atoms with E-state index in [4.69, 9.17) is 4.74 Å².